The highest BCUT2D eigenvalue weighted by atomic mass is 32.2. The lowest BCUT2D eigenvalue weighted by Gasteiger charge is -2.34. The quantitative estimate of drug-likeness (QED) is 0.488. The number of sulfonamides is 1. The Labute approximate surface area is 197 Å². The van der Waals surface area contributed by atoms with Crippen LogP contribution >= 0.6 is 0 Å². The number of piperidine rings is 1. The van der Waals surface area contributed by atoms with Gasteiger partial charge in [0.25, 0.3) is 0 Å². The molecule has 34 heavy (non-hydrogen) atoms. The Bertz CT molecular complexity index is 1310. The van der Waals surface area contributed by atoms with Gasteiger partial charge in [0, 0.05) is 24.8 Å². The van der Waals surface area contributed by atoms with Crippen LogP contribution in [0.5, 0.6) is 11.5 Å². The van der Waals surface area contributed by atoms with Crippen LogP contribution in [0.15, 0.2) is 36.4 Å². The first-order valence-electron chi connectivity index (χ1n) is 11.2. The molecule has 0 aliphatic carbocycles. The largest absolute Gasteiger partial charge is 0.486 e. The SMILES string of the molecule is CS(=O)(=O)NC1CCN(c2cccc3[nH]nc(NC(=O)Cc4ccc5c(c4)OCCO5)c23)CC1. The maximum absolute atomic E-state index is 12.8. The number of nitrogens with one attached hydrogen (secondary N) is 3. The van der Waals surface area contributed by atoms with Crippen LogP contribution in [0.2, 0.25) is 0 Å². The summed E-state index contributed by atoms with van der Waals surface area (Å²) in [6.45, 7) is 2.41. The molecule has 1 saturated heterocycles. The predicted molar refractivity (Wildman–Crippen MR) is 129 cm³/mol. The monoisotopic (exact) mass is 485 g/mol. The molecule has 2 aliphatic heterocycles. The third-order valence-electron chi connectivity index (χ3n) is 6.01. The number of aromatic amines is 1. The fourth-order valence-corrected chi connectivity index (χ4v) is 5.35. The first-order valence-corrected chi connectivity index (χ1v) is 13.1. The van der Waals surface area contributed by atoms with Crippen LogP contribution in [0.25, 0.3) is 10.9 Å². The van der Waals surface area contributed by atoms with Crippen LogP contribution in [0.3, 0.4) is 0 Å². The number of carbonyl (C=O) groups is 1. The van der Waals surface area contributed by atoms with Gasteiger partial charge in [0.2, 0.25) is 15.9 Å². The topological polar surface area (TPSA) is 126 Å². The zero-order chi connectivity index (χ0) is 23.7. The van der Waals surface area contributed by atoms with Gasteiger partial charge in [-0.3, -0.25) is 9.89 Å². The zero-order valence-electron chi connectivity index (χ0n) is 18.8. The van der Waals surface area contributed by atoms with E-state index in [2.05, 4.69) is 25.1 Å². The third kappa shape index (κ3) is 4.95. The molecule has 1 fully saturated rings. The van der Waals surface area contributed by atoms with Gasteiger partial charge in [0.15, 0.2) is 17.3 Å². The van der Waals surface area contributed by atoms with Crippen molar-refractivity contribution in [1.29, 1.82) is 0 Å². The number of benzene rings is 2. The van der Waals surface area contributed by atoms with Crippen molar-refractivity contribution in [2.24, 2.45) is 0 Å². The Morgan fingerprint density at radius 3 is 2.68 bits per heavy atom. The number of hydrogen-bond donors (Lipinski definition) is 3. The number of nitrogens with zero attached hydrogens (tertiary/aromatic N) is 2. The molecule has 3 aromatic rings. The van der Waals surface area contributed by atoms with Crippen molar-refractivity contribution in [3.05, 3.63) is 42.0 Å². The minimum Gasteiger partial charge on any atom is -0.486 e. The highest BCUT2D eigenvalue weighted by Gasteiger charge is 2.24. The van der Waals surface area contributed by atoms with E-state index in [-0.39, 0.29) is 18.4 Å². The first kappa shape index (κ1) is 22.5. The van der Waals surface area contributed by atoms with Crippen molar-refractivity contribution < 1.29 is 22.7 Å². The molecule has 1 aromatic heterocycles. The van der Waals surface area contributed by atoms with Gasteiger partial charge >= 0.3 is 0 Å². The number of carbonyl (C=O) groups excluding carboxylic acids is 1. The number of rotatable bonds is 6. The van der Waals surface area contributed by atoms with Gasteiger partial charge < -0.3 is 19.7 Å². The summed E-state index contributed by atoms with van der Waals surface area (Å²) in [6, 6.07) is 11.3. The van der Waals surface area contributed by atoms with E-state index >= 15 is 0 Å². The maximum atomic E-state index is 12.8. The highest BCUT2D eigenvalue weighted by Crippen LogP contribution is 2.34. The molecule has 0 atom stereocenters. The molecule has 11 heteroatoms. The van der Waals surface area contributed by atoms with Crippen molar-refractivity contribution in [2.45, 2.75) is 25.3 Å². The molecule has 2 aromatic carbocycles. The molecular weight excluding hydrogens is 458 g/mol. The summed E-state index contributed by atoms with van der Waals surface area (Å²) in [5.41, 5.74) is 2.60. The lowest BCUT2D eigenvalue weighted by molar-refractivity contribution is -0.115. The average Bonchev–Trinajstić information content (AvgIpc) is 3.21. The van der Waals surface area contributed by atoms with E-state index in [0.29, 0.717) is 56.5 Å². The molecule has 0 radical (unpaired) electrons. The lowest BCUT2D eigenvalue weighted by Crippen LogP contribution is -2.44. The Kier molecular flexibility index (Phi) is 6.05. The second-order valence-electron chi connectivity index (χ2n) is 8.63. The van der Waals surface area contributed by atoms with Crippen molar-refractivity contribution in [3.63, 3.8) is 0 Å². The number of H-pyrrole nitrogens is 1. The molecule has 180 valence electrons. The smallest absolute Gasteiger partial charge is 0.230 e. The summed E-state index contributed by atoms with van der Waals surface area (Å²) >= 11 is 0. The van der Waals surface area contributed by atoms with Gasteiger partial charge in [-0.05, 0) is 42.7 Å². The zero-order valence-corrected chi connectivity index (χ0v) is 19.7. The Morgan fingerprint density at radius 1 is 1.15 bits per heavy atom. The van der Waals surface area contributed by atoms with Crippen LogP contribution in [0, 0.1) is 0 Å². The molecule has 0 unspecified atom stereocenters. The summed E-state index contributed by atoms with van der Waals surface area (Å²) in [6.07, 6.45) is 2.77. The van der Waals surface area contributed by atoms with Gasteiger partial charge in [-0.1, -0.05) is 12.1 Å². The fraction of sp³-hybridized carbons (Fsp3) is 0.391. The third-order valence-corrected chi connectivity index (χ3v) is 6.77. The summed E-state index contributed by atoms with van der Waals surface area (Å²) in [5.74, 6) is 1.63. The molecule has 3 heterocycles. The van der Waals surface area contributed by atoms with Crippen molar-refractivity contribution in [1.82, 2.24) is 14.9 Å². The van der Waals surface area contributed by atoms with Crippen LogP contribution in [0.1, 0.15) is 18.4 Å². The van der Waals surface area contributed by atoms with Gasteiger partial charge in [0.05, 0.1) is 23.6 Å². The fourth-order valence-electron chi connectivity index (χ4n) is 4.51. The van der Waals surface area contributed by atoms with E-state index < -0.39 is 10.0 Å². The maximum Gasteiger partial charge on any atom is 0.230 e. The molecule has 3 N–H and O–H groups in total. The van der Waals surface area contributed by atoms with Gasteiger partial charge in [0.1, 0.15) is 13.2 Å². The minimum atomic E-state index is -3.23. The molecule has 2 aliphatic rings. The van der Waals surface area contributed by atoms with Crippen molar-refractivity contribution >= 4 is 38.3 Å². The number of aromatic nitrogens is 2. The molecule has 0 bridgehead atoms. The van der Waals surface area contributed by atoms with E-state index in [4.69, 9.17) is 9.47 Å². The minimum absolute atomic E-state index is 0.0695. The Hall–Kier alpha value is -3.31. The van der Waals surface area contributed by atoms with Crippen molar-refractivity contribution in [2.75, 3.05) is 42.8 Å². The first-order chi connectivity index (χ1) is 16.4. The normalized spacial score (nSPS) is 16.6. The summed E-state index contributed by atoms with van der Waals surface area (Å²) in [4.78, 5) is 15.0. The summed E-state index contributed by atoms with van der Waals surface area (Å²) in [7, 11) is -3.23. The van der Waals surface area contributed by atoms with E-state index in [9.17, 15) is 13.2 Å². The van der Waals surface area contributed by atoms with E-state index in [1.807, 2.05) is 36.4 Å². The standard InChI is InChI=1S/C23H27N5O5S/c1-34(30,31)27-16-7-9-28(10-8-16)18-4-2-3-17-22(18)23(26-25-17)24-21(29)14-15-5-6-19-20(13-15)33-12-11-32-19/h2-6,13,16,27H,7-12,14H2,1H3,(H2,24,25,26,29). The van der Waals surface area contributed by atoms with E-state index in [1.165, 1.54) is 6.26 Å². The molecule has 10 nitrogen and oxygen atoms in total. The average molecular weight is 486 g/mol. The molecular formula is C23H27N5O5S. The van der Waals surface area contributed by atoms with Crippen molar-refractivity contribution in [3.8, 4) is 11.5 Å². The summed E-state index contributed by atoms with van der Waals surface area (Å²) in [5, 5.41) is 11.1. The Morgan fingerprint density at radius 2 is 1.91 bits per heavy atom. The molecule has 1 amide bonds. The number of fused-ring (bicyclic) bond motifs is 2. The number of anilines is 2. The van der Waals surface area contributed by atoms with Crippen LogP contribution in [0.4, 0.5) is 11.5 Å². The van der Waals surface area contributed by atoms with Gasteiger partial charge in [-0.15, -0.1) is 0 Å². The van der Waals surface area contributed by atoms with E-state index in [1.54, 1.807) is 0 Å². The molecule has 0 saturated carbocycles. The van der Waals surface area contributed by atoms with E-state index in [0.717, 1.165) is 22.2 Å². The number of ether oxygens (including phenoxy) is 2. The van der Waals surface area contributed by atoms with Crippen LogP contribution in [-0.4, -0.2) is 63.1 Å². The molecule has 0 spiro atoms. The van der Waals surface area contributed by atoms with Gasteiger partial charge in [-0.25, -0.2) is 13.1 Å². The lowest BCUT2D eigenvalue weighted by atomic mass is 10.0. The second-order valence-corrected chi connectivity index (χ2v) is 10.4. The highest BCUT2D eigenvalue weighted by molar-refractivity contribution is 7.88. The predicted octanol–water partition coefficient (Wildman–Crippen LogP) is 2.03. The Balaban J connectivity index is 1.31. The second kappa shape index (κ2) is 9.15. The molecule has 5 rings (SSSR count). The number of hydrogen-bond acceptors (Lipinski definition) is 7. The summed E-state index contributed by atoms with van der Waals surface area (Å²) < 4.78 is 36.9. The van der Waals surface area contributed by atoms with Crippen LogP contribution < -0.4 is 24.4 Å². The number of amides is 1. The van der Waals surface area contributed by atoms with Gasteiger partial charge in [-0.2, -0.15) is 5.10 Å². The van der Waals surface area contributed by atoms with Crippen LogP contribution in [-0.2, 0) is 21.2 Å².